The Morgan fingerprint density at radius 2 is 1.96 bits per heavy atom. The standard InChI is InChI=1S/C19H18Cl2N2O2/c1-12-6-7-14(11-17(12)21)22(2)18(24)16-8-9-23(19(16)25)15-5-3-4-13(20)10-15/h3-7,10-11,16H,8-9H2,1-2H3. The van der Waals surface area contributed by atoms with Crippen molar-refractivity contribution in [2.24, 2.45) is 5.92 Å². The predicted molar refractivity (Wildman–Crippen MR) is 102 cm³/mol. The Bertz CT molecular complexity index is 838. The number of carbonyl (C=O) groups excluding carboxylic acids is 2. The van der Waals surface area contributed by atoms with E-state index in [0.29, 0.717) is 34.4 Å². The number of anilines is 2. The molecule has 0 saturated carbocycles. The molecule has 0 spiro atoms. The van der Waals surface area contributed by atoms with Gasteiger partial charge in [-0.25, -0.2) is 0 Å². The number of benzene rings is 2. The van der Waals surface area contributed by atoms with E-state index < -0.39 is 5.92 Å². The van der Waals surface area contributed by atoms with Crippen LogP contribution in [-0.4, -0.2) is 25.4 Å². The van der Waals surface area contributed by atoms with E-state index >= 15 is 0 Å². The zero-order valence-corrected chi connectivity index (χ0v) is 15.5. The first-order valence-corrected chi connectivity index (χ1v) is 8.75. The number of nitrogens with zero attached hydrogens (tertiary/aromatic N) is 2. The molecule has 6 heteroatoms. The second-order valence-electron chi connectivity index (χ2n) is 6.14. The van der Waals surface area contributed by atoms with Gasteiger partial charge in [-0.2, -0.15) is 0 Å². The third-order valence-corrected chi connectivity index (χ3v) is 5.14. The average molecular weight is 377 g/mol. The van der Waals surface area contributed by atoms with Gasteiger partial charge in [0, 0.05) is 35.0 Å². The van der Waals surface area contributed by atoms with Crippen LogP contribution in [0.15, 0.2) is 42.5 Å². The fourth-order valence-corrected chi connectivity index (χ4v) is 3.32. The summed E-state index contributed by atoms with van der Waals surface area (Å²) in [6.45, 7) is 2.40. The molecule has 0 bridgehead atoms. The van der Waals surface area contributed by atoms with Crippen LogP contribution in [0, 0.1) is 12.8 Å². The van der Waals surface area contributed by atoms with E-state index in [9.17, 15) is 9.59 Å². The molecule has 2 aromatic carbocycles. The minimum Gasteiger partial charge on any atom is -0.315 e. The number of halogens is 2. The van der Waals surface area contributed by atoms with Crippen LogP contribution in [-0.2, 0) is 9.59 Å². The van der Waals surface area contributed by atoms with Crippen LogP contribution in [0.2, 0.25) is 10.0 Å². The maximum absolute atomic E-state index is 12.8. The Kier molecular flexibility index (Phi) is 5.02. The van der Waals surface area contributed by atoms with Crippen molar-refractivity contribution in [1.29, 1.82) is 0 Å². The van der Waals surface area contributed by atoms with Crippen molar-refractivity contribution in [3.05, 3.63) is 58.1 Å². The van der Waals surface area contributed by atoms with Gasteiger partial charge in [-0.3, -0.25) is 9.59 Å². The van der Waals surface area contributed by atoms with Crippen molar-refractivity contribution in [3.8, 4) is 0 Å². The quantitative estimate of drug-likeness (QED) is 0.748. The molecule has 2 aromatic rings. The van der Waals surface area contributed by atoms with Gasteiger partial charge in [0.1, 0.15) is 5.92 Å². The lowest BCUT2D eigenvalue weighted by molar-refractivity contribution is -0.130. The third-order valence-electron chi connectivity index (χ3n) is 4.50. The highest BCUT2D eigenvalue weighted by atomic mass is 35.5. The number of rotatable bonds is 3. The molecule has 130 valence electrons. The van der Waals surface area contributed by atoms with Gasteiger partial charge >= 0.3 is 0 Å². The molecule has 2 amide bonds. The number of carbonyl (C=O) groups is 2. The molecule has 25 heavy (non-hydrogen) atoms. The summed E-state index contributed by atoms with van der Waals surface area (Å²) < 4.78 is 0. The second kappa shape index (κ2) is 7.06. The molecule has 0 aliphatic carbocycles. The van der Waals surface area contributed by atoms with E-state index in [1.165, 1.54) is 4.90 Å². The van der Waals surface area contributed by atoms with Gasteiger partial charge in [-0.15, -0.1) is 0 Å². The molecule has 1 atom stereocenters. The molecule has 3 rings (SSSR count). The van der Waals surface area contributed by atoms with Gasteiger partial charge in [-0.1, -0.05) is 35.3 Å². The minimum absolute atomic E-state index is 0.197. The maximum atomic E-state index is 12.8. The van der Waals surface area contributed by atoms with E-state index in [1.54, 1.807) is 36.2 Å². The Hall–Kier alpha value is -2.04. The maximum Gasteiger partial charge on any atom is 0.239 e. The summed E-state index contributed by atoms with van der Waals surface area (Å²) in [5, 5.41) is 1.15. The highest BCUT2D eigenvalue weighted by molar-refractivity contribution is 6.32. The van der Waals surface area contributed by atoms with Crippen LogP contribution in [0.5, 0.6) is 0 Å². The van der Waals surface area contributed by atoms with Crippen LogP contribution in [0.25, 0.3) is 0 Å². The van der Waals surface area contributed by atoms with Gasteiger partial charge in [0.2, 0.25) is 11.8 Å². The van der Waals surface area contributed by atoms with Crippen molar-refractivity contribution in [3.63, 3.8) is 0 Å². The van der Waals surface area contributed by atoms with Gasteiger partial charge in [-0.05, 0) is 49.2 Å². The van der Waals surface area contributed by atoms with Gasteiger partial charge in [0.25, 0.3) is 0 Å². The second-order valence-corrected chi connectivity index (χ2v) is 6.99. The summed E-state index contributed by atoms with van der Waals surface area (Å²) in [5.74, 6) is -1.11. The van der Waals surface area contributed by atoms with Crippen molar-refractivity contribution in [2.75, 3.05) is 23.4 Å². The summed E-state index contributed by atoms with van der Waals surface area (Å²) in [7, 11) is 1.67. The van der Waals surface area contributed by atoms with Crippen LogP contribution in [0.4, 0.5) is 11.4 Å². The Morgan fingerprint density at radius 1 is 1.20 bits per heavy atom. The van der Waals surface area contributed by atoms with Crippen LogP contribution < -0.4 is 9.80 Å². The molecule has 4 nitrogen and oxygen atoms in total. The van der Waals surface area contributed by atoms with Crippen LogP contribution in [0.3, 0.4) is 0 Å². The summed E-state index contributed by atoms with van der Waals surface area (Å²) in [6.07, 6.45) is 0.480. The highest BCUT2D eigenvalue weighted by Gasteiger charge is 2.39. The average Bonchev–Trinajstić information content (AvgIpc) is 2.97. The molecule has 1 heterocycles. The zero-order chi connectivity index (χ0) is 18.1. The van der Waals surface area contributed by atoms with E-state index in [-0.39, 0.29) is 11.8 Å². The van der Waals surface area contributed by atoms with Crippen molar-refractivity contribution in [2.45, 2.75) is 13.3 Å². The molecular formula is C19H18Cl2N2O2. The fraction of sp³-hybridized carbons (Fsp3) is 0.263. The lowest BCUT2D eigenvalue weighted by Crippen LogP contribution is -2.38. The van der Waals surface area contributed by atoms with E-state index in [0.717, 1.165) is 5.56 Å². The Balaban J connectivity index is 1.79. The number of amides is 2. The normalized spacial score (nSPS) is 17.0. The monoisotopic (exact) mass is 376 g/mol. The number of hydrogen-bond acceptors (Lipinski definition) is 2. The smallest absolute Gasteiger partial charge is 0.239 e. The van der Waals surface area contributed by atoms with Gasteiger partial charge < -0.3 is 9.80 Å². The van der Waals surface area contributed by atoms with Crippen molar-refractivity contribution < 1.29 is 9.59 Å². The number of hydrogen-bond donors (Lipinski definition) is 0. The largest absolute Gasteiger partial charge is 0.315 e. The summed E-state index contributed by atoms with van der Waals surface area (Å²) in [4.78, 5) is 28.6. The fourth-order valence-electron chi connectivity index (χ4n) is 2.96. The van der Waals surface area contributed by atoms with E-state index in [4.69, 9.17) is 23.2 Å². The lowest BCUT2D eigenvalue weighted by Gasteiger charge is -2.22. The van der Waals surface area contributed by atoms with Gasteiger partial charge in [0.05, 0.1) is 0 Å². The molecule has 1 fully saturated rings. The number of aryl methyl sites for hydroxylation is 1. The first-order valence-electron chi connectivity index (χ1n) is 7.99. The molecule has 0 radical (unpaired) electrons. The zero-order valence-electron chi connectivity index (χ0n) is 14.0. The minimum atomic E-state index is -0.691. The first kappa shape index (κ1) is 17.8. The van der Waals surface area contributed by atoms with Gasteiger partial charge in [0.15, 0.2) is 0 Å². The predicted octanol–water partition coefficient (Wildman–Crippen LogP) is 4.32. The summed E-state index contributed by atoms with van der Waals surface area (Å²) in [6, 6.07) is 12.5. The molecule has 1 unspecified atom stereocenters. The van der Waals surface area contributed by atoms with E-state index in [2.05, 4.69) is 0 Å². The molecule has 1 saturated heterocycles. The Labute approximate surface area is 156 Å². The van der Waals surface area contributed by atoms with Crippen molar-refractivity contribution >= 4 is 46.4 Å². The van der Waals surface area contributed by atoms with E-state index in [1.807, 2.05) is 25.1 Å². The highest BCUT2D eigenvalue weighted by Crippen LogP contribution is 2.30. The van der Waals surface area contributed by atoms with Crippen molar-refractivity contribution in [1.82, 2.24) is 0 Å². The topological polar surface area (TPSA) is 40.6 Å². The molecule has 1 aliphatic heterocycles. The molecule has 0 N–H and O–H groups in total. The molecule has 1 aliphatic rings. The summed E-state index contributed by atoms with van der Waals surface area (Å²) in [5.41, 5.74) is 2.33. The molecular weight excluding hydrogens is 359 g/mol. The Morgan fingerprint density at radius 3 is 2.64 bits per heavy atom. The van der Waals surface area contributed by atoms with Crippen LogP contribution in [0.1, 0.15) is 12.0 Å². The third kappa shape index (κ3) is 3.51. The SMILES string of the molecule is Cc1ccc(N(C)C(=O)C2CCN(c3cccc(Cl)c3)C2=O)cc1Cl. The van der Waals surface area contributed by atoms with Crippen LogP contribution >= 0.6 is 23.2 Å². The molecule has 0 aromatic heterocycles. The lowest BCUT2D eigenvalue weighted by atomic mass is 10.1. The first-order chi connectivity index (χ1) is 11.9. The summed E-state index contributed by atoms with van der Waals surface area (Å²) >= 11 is 12.1.